The van der Waals surface area contributed by atoms with E-state index in [1.54, 1.807) is 4.90 Å². The third-order valence-electron chi connectivity index (χ3n) is 3.79. The summed E-state index contributed by atoms with van der Waals surface area (Å²) in [5.41, 5.74) is -1.09. The van der Waals surface area contributed by atoms with Crippen molar-refractivity contribution >= 4 is 21.8 Å². The first-order valence-corrected chi connectivity index (χ1v) is 8.10. The second-order valence-corrected chi connectivity index (χ2v) is 5.96. The number of piperidine rings is 1. The minimum atomic E-state index is -4.51. The van der Waals surface area contributed by atoms with Gasteiger partial charge in [0.25, 0.3) is 5.91 Å². The molecule has 1 unspecified atom stereocenters. The summed E-state index contributed by atoms with van der Waals surface area (Å²) < 4.78 is 39.1. The van der Waals surface area contributed by atoms with Gasteiger partial charge in [0.15, 0.2) is 0 Å². The molecule has 1 atom stereocenters. The van der Waals surface area contributed by atoms with Gasteiger partial charge in [0.1, 0.15) is 0 Å². The van der Waals surface area contributed by atoms with Crippen molar-refractivity contribution in [2.24, 2.45) is 0 Å². The molecular formula is C15H17BrF3NO. The molecule has 6 heteroatoms. The Hall–Kier alpha value is -1.04. The highest BCUT2D eigenvalue weighted by Gasteiger charge is 2.37. The third-order valence-corrected chi connectivity index (χ3v) is 4.25. The van der Waals surface area contributed by atoms with Gasteiger partial charge < -0.3 is 4.90 Å². The summed E-state index contributed by atoms with van der Waals surface area (Å²) in [7, 11) is 0. The molecule has 1 aromatic carbocycles. The minimum Gasteiger partial charge on any atom is -0.336 e. The number of hydrogen-bond donors (Lipinski definition) is 0. The fraction of sp³-hybridized carbons (Fsp3) is 0.533. The van der Waals surface area contributed by atoms with Crippen LogP contribution in [0.2, 0.25) is 0 Å². The monoisotopic (exact) mass is 363 g/mol. The molecule has 1 saturated heterocycles. The van der Waals surface area contributed by atoms with Crippen molar-refractivity contribution < 1.29 is 18.0 Å². The molecule has 0 aliphatic carbocycles. The van der Waals surface area contributed by atoms with Gasteiger partial charge in [-0.05, 0) is 37.8 Å². The number of rotatable bonds is 3. The van der Waals surface area contributed by atoms with Gasteiger partial charge in [0, 0.05) is 17.9 Å². The van der Waals surface area contributed by atoms with E-state index < -0.39 is 17.6 Å². The Labute approximate surface area is 130 Å². The molecule has 0 N–H and O–H groups in total. The van der Waals surface area contributed by atoms with Crippen LogP contribution in [0.25, 0.3) is 0 Å². The highest BCUT2D eigenvalue weighted by molar-refractivity contribution is 9.09. The molecule has 1 fully saturated rings. The Kier molecular flexibility index (Phi) is 5.30. The zero-order chi connectivity index (χ0) is 15.5. The second-order valence-electron chi connectivity index (χ2n) is 5.17. The van der Waals surface area contributed by atoms with E-state index in [4.69, 9.17) is 0 Å². The van der Waals surface area contributed by atoms with E-state index in [1.807, 2.05) is 0 Å². The number of halogens is 4. The number of carbonyl (C=O) groups excluding carboxylic acids is 1. The Morgan fingerprint density at radius 1 is 1.29 bits per heavy atom. The van der Waals surface area contributed by atoms with Crippen molar-refractivity contribution in [1.82, 2.24) is 4.90 Å². The normalized spacial score (nSPS) is 19.6. The van der Waals surface area contributed by atoms with Crippen molar-refractivity contribution in [2.75, 3.05) is 11.9 Å². The molecule has 1 amide bonds. The fourth-order valence-corrected chi connectivity index (χ4v) is 3.29. The lowest BCUT2D eigenvalue weighted by Gasteiger charge is -2.36. The molecule has 0 radical (unpaired) electrons. The minimum absolute atomic E-state index is 0.0203. The maximum Gasteiger partial charge on any atom is 0.417 e. The maximum absolute atomic E-state index is 13.0. The molecule has 21 heavy (non-hydrogen) atoms. The van der Waals surface area contributed by atoms with Crippen LogP contribution in [0.4, 0.5) is 13.2 Å². The molecule has 116 valence electrons. The molecule has 1 heterocycles. The number of hydrogen-bond acceptors (Lipinski definition) is 1. The fourth-order valence-electron chi connectivity index (χ4n) is 2.77. The number of carbonyl (C=O) groups is 1. The maximum atomic E-state index is 13.0. The zero-order valence-electron chi connectivity index (χ0n) is 11.5. The van der Waals surface area contributed by atoms with Gasteiger partial charge in [-0.25, -0.2) is 0 Å². The first kappa shape index (κ1) is 16.3. The number of benzene rings is 1. The van der Waals surface area contributed by atoms with Crippen LogP contribution in [0.1, 0.15) is 41.6 Å². The van der Waals surface area contributed by atoms with Crippen LogP contribution in [0.3, 0.4) is 0 Å². The van der Waals surface area contributed by atoms with Gasteiger partial charge in [-0.3, -0.25) is 4.79 Å². The highest BCUT2D eigenvalue weighted by atomic mass is 79.9. The summed E-state index contributed by atoms with van der Waals surface area (Å²) in [5.74, 6) is -0.506. The van der Waals surface area contributed by atoms with Gasteiger partial charge in [-0.1, -0.05) is 28.1 Å². The number of alkyl halides is 4. The highest BCUT2D eigenvalue weighted by Crippen LogP contribution is 2.33. The van der Waals surface area contributed by atoms with Crippen molar-refractivity contribution in [2.45, 2.75) is 37.9 Å². The molecule has 0 saturated carbocycles. The Bertz CT molecular complexity index is 502. The number of nitrogens with zero attached hydrogens (tertiary/aromatic N) is 1. The standard InChI is InChI=1S/C15H17BrF3NO/c16-9-8-11-5-3-4-10-20(11)14(21)12-6-1-2-7-13(12)15(17,18)19/h1-2,6-7,11H,3-5,8-10H2. The second kappa shape index (κ2) is 6.81. The van der Waals surface area contributed by atoms with Gasteiger partial charge in [-0.2, -0.15) is 13.2 Å². The lowest BCUT2D eigenvalue weighted by atomic mass is 9.97. The van der Waals surface area contributed by atoms with E-state index in [1.165, 1.54) is 18.2 Å². The van der Waals surface area contributed by atoms with Crippen molar-refractivity contribution in [3.8, 4) is 0 Å². The molecule has 1 aliphatic rings. The Morgan fingerprint density at radius 2 is 2.00 bits per heavy atom. The van der Waals surface area contributed by atoms with Crippen molar-refractivity contribution in [3.05, 3.63) is 35.4 Å². The summed E-state index contributed by atoms with van der Waals surface area (Å²) in [5, 5.41) is 0.738. The quantitative estimate of drug-likeness (QED) is 0.724. The predicted molar refractivity (Wildman–Crippen MR) is 78.5 cm³/mol. The largest absolute Gasteiger partial charge is 0.417 e. The molecule has 2 rings (SSSR count). The summed E-state index contributed by atoms with van der Waals surface area (Å²) in [6, 6.07) is 5.05. The van der Waals surface area contributed by atoms with Crippen LogP contribution < -0.4 is 0 Å². The average molecular weight is 364 g/mol. The molecular weight excluding hydrogens is 347 g/mol. The van der Waals surface area contributed by atoms with Gasteiger partial charge in [0.2, 0.25) is 0 Å². The van der Waals surface area contributed by atoms with E-state index in [0.29, 0.717) is 6.54 Å². The van der Waals surface area contributed by atoms with Crippen LogP contribution >= 0.6 is 15.9 Å². The van der Waals surface area contributed by atoms with E-state index in [2.05, 4.69) is 15.9 Å². The molecule has 1 aromatic rings. The summed E-state index contributed by atoms with van der Waals surface area (Å²) in [4.78, 5) is 14.2. The van der Waals surface area contributed by atoms with E-state index >= 15 is 0 Å². The summed E-state index contributed by atoms with van der Waals surface area (Å²) in [6.07, 6.45) is -1.03. The molecule has 1 aliphatic heterocycles. The molecule has 0 spiro atoms. The van der Waals surface area contributed by atoms with Gasteiger partial charge in [-0.15, -0.1) is 0 Å². The first-order valence-electron chi connectivity index (χ1n) is 6.98. The molecule has 2 nitrogen and oxygen atoms in total. The predicted octanol–water partition coefficient (Wildman–Crippen LogP) is 4.49. The van der Waals surface area contributed by atoms with Crippen LogP contribution in [-0.4, -0.2) is 28.7 Å². The van der Waals surface area contributed by atoms with E-state index in [-0.39, 0.29) is 11.6 Å². The number of amides is 1. The molecule has 0 aromatic heterocycles. The van der Waals surface area contributed by atoms with Gasteiger partial charge in [0.05, 0.1) is 11.1 Å². The van der Waals surface area contributed by atoms with Crippen LogP contribution in [0, 0.1) is 0 Å². The SMILES string of the molecule is O=C(c1ccccc1C(F)(F)F)N1CCCCC1CCBr. The Morgan fingerprint density at radius 3 is 2.67 bits per heavy atom. The van der Waals surface area contributed by atoms with Crippen molar-refractivity contribution in [3.63, 3.8) is 0 Å². The molecule has 0 bridgehead atoms. The van der Waals surface area contributed by atoms with Gasteiger partial charge >= 0.3 is 6.18 Å². The smallest absolute Gasteiger partial charge is 0.336 e. The zero-order valence-corrected chi connectivity index (χ0v) is 13.1. The topological polar surface area (TPSA) is 20.3 Å². The van der Waals surface area contributed by atoms with E-state index in [9.17, 15) is 18.0 Å². The Balaban J connectivity index is 2.31. The lowest BCUT2D eigenvalue weighted by molar-refractivity contribution is -0.138. The van der Waals surface area contributed by atoms with Crippen LogP contribution in [0.15, 0.2) is 24.3 Å². The summed E-state index contributed by atoms with van der Waals surface area (Å²) >= 11 is 3.35. The lowest BCUT2D eigenvalue weighted by Crippen LogP contribution is -2.44. The number of likely N-dealkylation sites (tertiary alicyclic amines) is 1. The van der Waals surface area contributed by atoms with Crippen LogP contribution in [0.5, 0.6) is 0 Å². The third kappa shape index (κ3) is 3.78. The summed E-state index contributed by atoms with van der Waals surface area (Å²) in [6.45, 7) is 0.530. The van der Waals surface area contributed by atoms with E-state index in [0.717, 1.165) is 37.1 Å². The van der Waals surface area contributed by atoms with Crippen molar-refractivity contribution in [1.29, 1.82) is 0 Å². The average Bonchev–Trinajstić information content (AvgIpc) is 2.46. The van der Waals surface area contributed by atoms with Crippen LogP contribution in [-0.2, 0) is 6.18 Å². The first-order chi connectivity index (χ1) is 9.95.